The number of imide groups is 1. The van der Waals surface area contributed by atoms with E-state index in [0.29, 0.717) is 48.3 Å². The monoisotopic (exact) mass is 487 g/mol. The molecular weight excluding hydrogens is 466 g/mol. The van der Waals surface area contributed by atoms with Crippen LogP contribution in [-0.4, -0.2) is 80.5 Å². The van der Waals surface area contributed by atoms with Crippen molar-refractivity contribution in [3.63, 3.8) is 0 Å². The molecule has 0 unspecified atom stereocenters. The van der Waals surface area contributed by atoms with Gasteiger partial charge in [-0.15, -0.1) is 0 Å². The molecule has 0 bridgehead atoms. The van der Waals surface area contributed by atoms with E-state index in [0.717, 1.165) is 4.90 Å². The van der Waals surface area contributed by atoms with Crippen molar-refractivity contribution in [3.8, 4) is 0 Å². The number of carbonyl (C=O) groups is 3. The van der Waals surface area contributed by atoms with Gasteiger partial charge in [0, 0.05) is 37.1 Å². The Kier molecular flexibility index (Phi) is 7.04. The third-order valence-electron chi connectivity index (χ3n) is 4.76. The zero-order valence-electron chi connectivity index (χ0n) is 15.7. The maximum Gasteiger partial charge on any atom is 0.261 e. The standard InChI is InChI=1S/C18H22BrN3O6S/c19-13-3-4-14-15(12-13)18(25)22(17(14)24)6-1-2-16(23)20-5-11-29(26,27)21-7-9-28-10-8-21/h3-4,12H,1-2,5-11H2,(H,20,23). The van der Waals surface area contributed by atoms with Crippen LogP contribution in [0.15, 0.2) is 22.7 Å². The summed E-state index contributed by atoms with van der Waals surface area (Å²) in [7, 11) is -3.42. The minimum absolute atomic E-state index is 0.0135. The summed E-state index contributed by atoms with van der Waals surface area (Å²) in [6.45, 7) is 1.55. The number of sulfonamides is 1. The van der Waals surface area contributed by atoms with Crippen molar-refractivity contribution >= 4 is 43.7 Å². The number of hydrogen-bond donors (Lipinski definition) is 1. The maximum absolute atomic E-state index is 12.4. The number of benzene rings is 1. The third-order valence-corrected chi connectivity index (χ3v) is 7.13. The van der Waals surface area contributed by atoms with Crippen LogP contribution in [0.3, 0.4) is 0 Å². The van der Waals surface area contributed by atoms with Crippen LogP contribution < -0.4 is 5.32 Å². The molecule has 29 heavy (non-hydrogen) atoms. The molecule has 3 amide bonds. The minimum atomic E-state index is -3.42. The van der Waals surface area contributed by atoms with E-state index in [1.165, 1.54) is 4.31 Å². The van der Waals surface area contributed by atoms with E-state index in [1.54, 1.807) is 18.2 Å². The first-order valence-corrected chi connectivity index (χ1v) is 11.7. The van der Waals surface area contributed by atoms with Crippen LogP contribution in [0.1, 0.15) is 33.6 Å². The van der Waals surface area contributed by atoms with Crippen molar-refractivity contribution in [2.24, 2.45) is 0 Å². The van der Waals surface area contributed by atoms with Gasteiger partial charge in [-0.1, -0.05) is 15.9 Å². The second kappa shape index (κ2) is 9.33. The summed E-state index contributed by atoms with van der Waals surface area (Å²) in [6.07, 6.45) is 0.392. The van der Waals surface area contributed by atoms with Crippen molar-refractivity contribution < 1.29 is 27.5 Å². The van der Waals surface area contributed by atoms with Crippen LogP contribution in [-0.2, 0) is 19.6 Å². The first kappa shape index (κ1) is 21.9. The zero-order chi connectivity index (χ0) is 21.0. The molecule has 1 N–H and O–H groups in total. The molecule has 3 rings (SSSR count). The van der Waals surface area contributed by atoms with Crippen LogP contribution in [0.2, 0.25) is 0 Å². The van der Waals surface area contributed by atoms with Gasteiger partial charge in [0.25, 0.3) is 11.8 Å². The first-order chi connectivity index (χ1) is 13.8. The predicted octanol–water partition coefficient (Wildman–Crippen LogP) is 0.604. The Bertz CT molecular complexity index is 914. The van der Waals surface area contributed by atoms with Gasteiger partial charge in [0.15, 0.2) is 0 Å². The Balaban J connectivity index is 1.40. The first-order valence-electron chi connectivity index (χ1n) is 9.27. The van der Waals surface area contributed by atoms with Crippen molar-refractivity contribution in [3.05, 3.63) is 33.8 Å². The SMILES string of the molecule is O=C(CCCN1C(=O)c2ccc(Br)cc2C1=O)NCCS(=O)(=O)N1CCOCC1. The second-order valence-corrected chi connectivity index (χ2v) is 9.74. The number of morpholine rings is 1. The fraction of sp³-hybridized carbons (Fsp3) is 0.500. The number of nitrogens with one attached hydrogen (secondary N) is 1. The molecule has 0 aromatic heterocycles. The van der Waals surface area contributed by atoms with Crippen LogP contribution in [0.5, 0.6) is 0 Å². The van der Waals surface area contributed by atoms with E-state index < -0.39 is 10.0 Å². The molecule has 2 aliphatic heterocycles. The lowest BCUT2D eigenvalue weighted by Crippen LogP contribution is -2.43. The molecule has 1 aromatic rings. The van der Waals surface area contributed by atoms with Gasteiger partial charge < -0.3 is 10.1 Å². The van der Waals surface area contributed by atoms with Crippen molar-refractivity contribution in [1.29, 1.82) is 0 Å². The van der Waals surface area contributed by atoms with Gasteiger partial charge in [-0.25, -0.2) is 8.42 Å². The van der Waals surface area contributed by atoms with E-state index >= 15 is 0 Å². The largest absolute Gasteiger partial charge is 0.379 e. The lowest BCUT2D eigenvalue weighted by atomic mass is 10.1. The predicted molar refractivity (Wildman–Crippen MR) is 108 cm³/mol. The van der Waals surface area contributed by atoms with Gasteiger partial charge in [-0.2, -0.15) is 4.31 Å². The van der Waals surface area contributed by atoms with Gasteiger partial charge in [0.1, 0.15) is 0 Å². The van der Waals surface area contributed by atoms with Crippen LogP contribution in [0.25, 0.3) is 0 Å². The van der Waals surface area contributed by atoms with Gasteiger partial charge in [-0.05, 0) is 24.6 Å². The topological polar surface area (TPSA) is 113 Å². The highest BCUT2D eigenvalue weighted by molar-refractivity contribution is 9.10. The van der Waals surface area contributed by atoms with Crippen molar-refractivity contribution in [2.75, 3.05) is 45.1 Å². The summed E-state index contributed by atoms with van der Waals surface area (Å²) in [6, 6.07) is 4.91. The van der Waals surface area contributed by atoms with E-state index in [4.69, 9.17) is 4.74 Å². The lowest BCUT2D eigenvalue weighted by Gasteiger charge is -2.26. The summed E-state index contributed by atoms with van der Waals surface area (Å²) >= 11 is 3.28. The van der Waals surface area contributed by atoms with Gasteiger partial charge >= 0.3 is 0 Å². The molecule has 0 saturated carbocycles. The Hall–Kier alpha value is -1.82. The van der Waals surface area contributed by atoms with Gasteiger partial charge in [0.05, 0.1) is 30.1 Å². The Morgan fingerprint density at radius 3 is 2.55 bits per heavy atom. The zero-order valence-corrected chi connectivity index (χ0v) is 18.1. The minimum Gasteiger partial charge on any atom is -0.379 e. The number of fused-ring (bicyclic) bond motifs is 1. The maximum atomic E-state index is 12.4. The van der Waals surface area contributed by atoms with Crippen molar-refractivity contribution in [1.82, 2.24) is 14.5 Å². The van der Waals surface area contributed by atoms with Crippen LogP contribution in [0.4, 0.5) is 0 Å². The highest BCUT2D eigenvalue weighted by Gasteiger charge is 2.35. The molecule has 0 atom stereocenters. The Morgan fingerprint density at radius 2 is 1.83 bits per heavy atom. The number of halogens is 1. The third kappa shape index (κ3) is 5.21. The smallest absolute Gasteiger partial charge is 0.261 e. The van der Waals surface area contributed by atoms with Gasteiger partial charge in [0.2, 0.25) is 15.9 Å². The highest BCUT2D eigenvalue weighted by atomic mass is 79.9. The van der Waals surface area contributed by atoms with Crippen LogP contribution in [0, 0.1) is 0 Å². The van der Waals surface area contributed by atoms with Crippen LogP contribution >= 0.6 is 15.9 Å². The van der Waals surface area contributed by atoms with Gasteiger partial charge in [-0.3, -0.25) is 19.3 Å². The summed E-state index contributed by atoms with van der Waals surface area (Å²) in [4.78, 5) is 37.8. The number of rotatable bonds is 8. The highest BCUT2D eigenvalue weighted by Crippen LogP contribution is 2.26. The summed E-state index contributed by atoms with van der Waals surface area (Å²) in [5.74, 6) is -1.23. The molecule has 0 radical (unpaired) electrons. The summed E-state index contributed by atoms with van der Waals surface area (Å²) in [5, 5.41) is 2.58. The quantitative estimate of drug-likeness (QED) is 0.537. The normalized spacial score (nSPS) is 17.5. The molecule has 1 fully saturated rings. The van der Waals surface area contributed by atoms with E-state index in [9.17, 15) is 22.8 Å². The molecule has 9 nitrogen and oxygen atoms in total. The van der Waals surface area contributed by atoms with E-state index in [2.05, 4.69) is 21.2 Å². The molecule has 0 spiro atoms. The summed E-state index contributed by atoms with van der Waals surface area (Å²) in [5.41, 5.74) is 0.707. The van der Waals surface area contributed by atoms with E-state index in [-0.39, 0.29) is 43.0 Å². The average molecular weight is 488 g/mol. The number of hydrogen-bond acceptors (Lipinski definition) is 6. The molecule has 1 aromatic carbocycles. The van der Waals surface area contributed by atoms with Crippen molar-refractivity contribution in [2.45, 2.75) is 12.8 Å². The molecule has 1 saturated heterocycles. The fourth-order valence-corrected chi connectivity index (χ4v) is 4.91. The Labute approximate surface area is 177 Å². The average Bonchev–Trinajstić information content (AvgIpc) is 2.93. The van der Waals surface area contributed by atoms with E-state index in [1.807, 2.05) is 0 Å². The number of carbonyl (C=O) groups excluding carboxylic acids is 3. The number of ether oxygens (including phenoxy) is 1. The lowest BCUT2D eigenvalue weighted by molar-refractivity contribution is -0.121. The molecule has 11 heteroatoms. The molecule has 0 aliphatic carbocycles. The number of nitrogens with zero attached hydrogens (tertiary/aromatic N) is 2. The molecule has 2 heterocycles. The summed E-state index contributed by atoms with van der Waals surface area (Å²) < 4.78 is 31.6. The number of amides is 3. The second-order valence-electron chi connectivity index (χ2n) is 6.73. The Morgan fingerprint density at radius 1 is 1.14 bits per heavy atom. The molecule has 158 valence electrons. The molecular formula is C18H22BrN3O6S. The molecule has 2 aliphatic rings. The fourth-order valence-electron chi connectivity index (χ4n) is 3.23.